The molecule has 0 aromatic rings. The van der Waals surface area contributed by atoms with E-state index in [1.807, 2.05) is 0 Å². The summed E-state index contributed by atoms with van der Waals surface area (Å²) in [6, 6.07) is 0. The van der Waals surface area contributed by atoms with Gasteiger partial charge >= 0.3 is 0 Å². The van der Waals surface area contributed by atoms with Gasteiger partial charge in [-0.25, -0.2) is 0 Å². The van der Waals surface area contributed by atoms with Gasteiger partial charge in [0.15, 0.2) is 0 Å². The van der Waals surface area contributed by atoms with Crippen molar-refractivity contribution in [2.75, 3.05) is 0 Å². The van der Waals surface area contributed by atoms with Crippen molar-refractivity contribution in [3.8, 4) is 0 Å². The van der Waals surface area contributed by atoms with E-state index in [0.29, 0.717) is 40.3 Å². The first-order chi connectivity index (χ1) is 13.6. The highest BCUT2D eigenvalue weighted by Gasteiger charge is 2.70. The molecule has 5 aliphatic carbocycles. The molecule has 3 heteroatoms. The number of Topliss-reactive ketones (excluding diaryl/α,β-unsaturated/α-hetero) is 1. The molecule has 6 unspecified atom stereocenters. The van der Waals surface area contributed by atoms with Crippen molar-refractivity contribution in [3.05, 3.63) is 4.91 Å². The van der Waals surface area contributed by atoms with E-state index in [0.717, 1.165) is 25.7 Å². The Morgan fingerprint density at radius 1 is 0.759 bits per heavy atom. The van der Waals surface area contributed by atoms with E-state index < -0.39 is 0 Å². The summed E-state index contributed by atoms with van der Waals surface area (Å²) in [6.07, 6.45) is 12.5. The Morgan fingerprint density at radius 2 is 1.52 bits per heavy atom. The first kappa shape index (κ1) is 20.2. The van der Waals surface area contributed by atoms with Crippen LogP contribution in [0.1, 0.15) is 105 Å². The number of fused-ring (bicyclic) bond motifs is 7. The van der Waals surface area contributed by atoms with Gasteiger partial charge in [0.25, 0.3) is 0 Å². The van der Waals surface area contributed by atoms with Gasteiger partial charge in [-0.15, -0.1) is 0 Å². The number of nitroso groups, excluding NO2 is 1. The minimum absolute atomic E-state index is 0.166. The largest absolute Gasteiger partial charge is 0.299 e. The lowest BCUT2D eigenvalue weighted by Crippen LogP contribution is -2.66. The molecule has 5 aliphatic rings. The molecule has 0 saturated heterocycles. The fourth-order valence-corrected chi connectivity index (χ4v) is 10.5. The Balaban J connectivity index is 1.54. The van der Waals surface area contributed by atoms with Gasteiger partial charge in [0.1, 0.15) is 11.3 Å². The average Bonchev–Trinajstić information content (AvgIpc) is 3.10. The molecular weight excluding hydrogens is 358 g/mol. The molecular formula is C26H41NO2. The van der Waals surface area contributed by atoms with Crippen LogP contribution in [0.5, 0.6) is 0 Å². The second kappa shape index (κ2) is 5.94. The van der Waals surface area contributed by atoms with Crippen LogP contribution in [0.25, 0.3) is 0 Å². The molecule has 162 valence electrons. The topological polar surface area (TPSA) is 46.5 Å². The molecule has 3 nitrogen and oxygen atoms in total. The van der Waals surface area contributed by atoms with Gasteiger partial charge in [0.05, 0.1) is 0 Å². The Bertz CT molecular complexity index is 745. The third-order valence-electron chi connectivity index (χ3n) is 12.2. The SMILES string of the molecule is CC1(C)C(=O)CCC2(C)C1CCC1(C)C2CCC2[C@H]3CCCC3(N=O)CC[C@]21C. The van der Waals surface area contributed by atoms with E-state index in [2.05, 4.69) is 39.8 Å². The summed E-state index contributed by atoms with van der Waals surface area (Å²) < 4.78 is 0. The normalized spacial score (nSPS) is 56.0. The number of hydrogen-bond donors (Lipinski definition) is 0. The molecule has 0 N–H and O–H groups in total. The van der Waals surface area contributed by atoms with Crippen LogP contribution in [0.15, 0.2) is 5.18 Å². The highest BCUT2D eigenvalue weighted by atomic mass is 16.3. The number of rotatable bonds is 1. The fraction of sp³-hybridized carbons (Fsp3) is 0.962. The maximum absolute atomic E-state index is 12.8. The maximum Gasteiger partial charge on any atom is 0.138 e. The molecule has 5 fully saturated rings. The zero-order chi connectivity index (χ0) is 20.9. The van der Waals surface area contributed by atoms with Crippen LogP contribution in [0.3, 0.4) is 0 Å². The Labute approximate surface area is 177 Å². The molecule has 0 aromatic carbocycles. The summed E-state index contributed by atoms with van der Waals surface area (Å²) in [5.41, 5.74) is 0.522. The number of carbonyl (C=O) groups is 1. The molecule has 5 saturated carbocycles. The van der Waals surface area contributed by atoms with Crippen molar-refractivity contribution in [2.45, 2.75) is 111 Å². The van der Waals surface area contributed by atoms with Gasteiger partial charge in [-0.3, -0.25) is 4.79 Å². The average molecular weight is 400 g/mol. The van der Waals surface area contributed by atoms with Crippen molar-refractivity contribution in [3.63, 3.8) is 0 Å². The van der Waals surface area contributed by atoms with Crippen LogP contribution in [-0.2, 0) is 4.79 Å². The van der Waals surface area contributed by atoms with Crippen LogP contribution in [0.2, 0.25) is 0 Å². The zero-order valence-corrected chi connectivity index (χ0v) is 19.4. The van der Waals surface area contributed by atoms with E-state index in [9.17, 15) is 9.70 Å². The summed E-state index contributed by atoms with van der Waals surface area (Å²) in [5, 5.41) is 3.81. The second-order valence-electron chi connectivity index (χ2n) is 13.0. The Kier molecular flexibility index (Phi) is 4.14. The molecule has 0 amide bonds. The van der Waals surface area contributed by atoms with Gasteiger partial charge in [0, 0.05) is 11.8 Å². The smallest absolute Gasteiger partial charge is 0.138 e. The quantitative estimate of drug-likeness (QED) is 0.449. The molecule has 0 heterocycles. The number of carbonyl (C=O) groups excluding carboxylic acids is 1. The zero-order valence-electron chi connectivity index (χ0n) is 19.4. The van der Waals surface area contributed by atoms with Crippen molar-refractivity contribution >= 4 is 5.78 Å². The molecule has 29 heavy (non-hydrogen) atoms. The molecule has 0 spiro atoms. The van der Waals surface area contributed by atoms with Crippen molar-refractivity contribution < 1.29 is 4.79 Å². The minimum Gasteiger partial charge on any atom is -0.299 e. The molecule has 0 radical (unpaired) electrons. The van der Waals surface area contributed by atoms with Crippen molar-refractivity contribution in [1.29, 1.82) is 0 Å². The Morgan fingerprint density at radius 3 is 2.24 bits per heavy atom. The van der Waals surface area contributed by atoms with Gasteiger partial charge in [0.2, 0.25) is 0 Å². The van der Waals surface area contributed by atoms with E-state index in [-0.39, 0.29) is 16.4 Å². The fourth-order valence-electron chi connectivity index (χ4n) is 10.5. The Hall–Kier alpha value is -0.730. The van der Waals surface area contributed by atoms with Crippen LogP contribution in [0, 0.1) is 50.2 Å². The molecule has 0 aromatic heterocycles. The van der Waals surface area contributed by atoms with Crippen LogP contribution < -0.4 is 0 Å². The predicted octanol–water partition coefficient (Wildman–Crippen LogP) is 6.93. The van der Waals surface area contributed by atoms with Gasteiger partial charge in [-0.1, -0.05) is 46.2 Å². The summed E-state index contributed by atoms with van der Waals surface area (Å²) >= 11 is 0. The summed E-state index contributed by atoms with van der Waals surface area (Å²) in [4.78, 5) is 24.8. The highest BCUT2D eigenvalue weighted by molar-refractivity contribution is 5.85. The molecule has 0 bridgehead atoms. The van der Waals surface area contributed by atoms with Gasteiger partial charge in [-0.05, 0) is 97.7 Å². The first-order valence-corrected chi connectivity index (χ1v) is 12.4. The lowest BCUT2D eigenvalue weighted by Gasteiger charge is -2.71. The van der Waals surface area contributed by atoms with E-state index in [1.54, 1.807) is 0 Å². The number of hydrogen-bond acceptors (Lipinski definition) is 3. The van der Waals surface area contributed by atoms with Gasteiger partial charge < -0.3 is 0 Å². The van der Waals surface area contributed by atoms with E-state index >= 15 is 0 Å². The minimum atomic E-state index is -0.242. The maximum atomic E-state index is 12.8. The second-order valence-corrected chi connectivity index (χ2v) is 13.0. The van der Waals surface area contributed by atoms with Crippen LogP contribution >= 0.6 is 0 Å². The lowest BCUT2D eigenvalue weighted by atomic mass is 9.33. The van der Waals surface area contributed by atoms with Crippen LogP contribution in [-0.4, -0.2) is 11.3 Å². The predicted molar refractivity (Wildman–Crippen MR) is 116 cm³/mol. The third-order valence-corrected chi connectivity index (χ3v) is 12.2. The van der Waals surface area contributed by atoms with Gasteiger partial charge in [-0.2, -0.15) is 4.91 Å². The van der Waals surface area contributed by atoms with E-state index in [1.165, 1.54) is 44.9 Å². The summed E-state index contributed by atoms with van der Waals surface area (Å²) in [5.74, 6) is 2.91. The number of nitrogens with zero attached hydrogens (tertiary/aromatic N) is 1. The third kappa shape index (κ3) is 2.23. The number of ketones is 1. The highest BCUT2D eigenvalue weighted by Crippen LogP contribution is 2.75. The van der Waals surface area contributed by atoms with Crippen LogP contribution in [0.4, 0.5) is 0 Å². The van der Waals surface area contributed by atoms with Crippen molar-refractivity contribution in [1.82, 2.24) is 0 Å². The standard InChI is InChI=1S/C26H41NO2/c1-22(2)19-10-14-25(5)20(23(19,3)13-11-21(22)28)9-8-17-18-7-6-12-26(18,27-29)16-15-24(17,25)4/h17-20H,6-16H2,1-5H3/t17?,18-,19?,20?,23?,24-,25?,26?/m1/s1. The summed E-state index contributed by atoms with van der Waals surface area (Å²) in [7, 11) is 0. The molecule has 0 aliphatic heterocycles. The monoisotopic (exact) mass is 399 g/mol. The summed E-state index contributed by atoms with van der Waals surface area (Å²) in [6.45, 7) is 12.2. The molecule has 5 rings (SSSR count). The van der Waals surface area contributed by atoms with E-state index in [4.69, 9.17) is 0 Å². The van der Waals surface area contributed by atoms with Crippen molar-refractivity contribution in [2.24, 2.45) is 50.5 Å². The molecule has 8 atom stereocenters. The lowest BCUT2D eigenvalue weighted by molar-refractivity contribution is -0.225. The first-order valence-electron chi connectivity index (χ1n) is 12.4.